The van der Waals surface area contributed by atoms with Crippen molar-refractivity contribution in [2.45, 2.75) is 69.8 Å². The molecule has 3 aromatic rings. The van der Waals surface area contributed by atoms with Crippen molar-refractivity contribution in [1.82, 2.24) is 24.6 Å². The summed E-state index contributed by atoms with van der Waals surface area (Å²) in [5.74, 6) is 1.62. The summed E-state index contributed by atoms with van der Waals surface area (Å²) in [6.07, 6.45) is 5.02. The maximum absolute atomic E-state index is 12.9. The average Bonchev–Trinajstić information content (AvgIpc) is 3.28. The first kappa shape index (κ1) is 31.0. The molecule has 0 saturated carbocycles. The van der Waals surface area contributed by atoms with Crippen LogP contribution in [0, 0.1) is 6.92 Å². The Morgan fingerprint density at radius 1 is 1.15 bits per heavy atom. The van der Waals surface area contributed by atoms with Gasteiger partial charge in [0.25, 0.3) is 0 Å². The number of halogens is 1. The van der Waals surface area contributed by atoms with Crippen LogP contribution >= 0.6 is 11.6 Å². The molecule has 0 radical (unpaired) electrons. The number of benzene rings is 1. The van der Waals surface area contributed by atoms with E-state index in [9.17, 15) is 13.5 Å². The van der Waals surface area contributed by atoms with Crippen molar-refractivity contribution in [3.8, 4) is 5.75 Å². The second-order valence-electron chi connectivity index (χ2n) is 11.0. The molecule has 1 fully saturated rings. The number of aromatic nitrogens is 4. The minimum absolute atomic E-state index is 0.0484. The van der Waals surface area contributed by atoms with E-state index in [4.69, 9.17) is 16.3 Å². The Morgan fingerprint density at radius 2 is 1.85 bits per heavy atom. The molecule has 1 aliphatic heterocycles. The zero-order valence-electron chi connectivity index (χ0n) is 24.5. The molecule has 0 bridgehead atoms. The Kier molecular flexibility index (Phi) is 9.78. The van der Waals surface area contributed by atoms with E-state index in [1.54, 1.807) is 27.1 Å². The van der Waals surface area contributed by atoms with E-state index in [0.29, 0.717) is 18.2 Å². The van der Waals surface area contributed by atoms with Crippen LogP contribution < -0.4 is 15.4 Å². The molecule has 3 N–H and O–H groups in total. The highest BCUT2D eigenvalue weighted by atomic mass is 35.5. The monoisotopic (exact) mass is 605 g/mol. The van der Waals surface area contributed by atoms with Gasteiger partial charge in [-0.3, -0.25) is 4.68 Å². The minimum Gasteiger partial charge on any atom is -0.489 e. The highest BCUT2D eigenvalue weighted by Gasteiger charge is 2.27. The van der Waals surface area contributed by atoms with Gasteiger partial charge in [0.1, 0.15) is 10.8 Å². The van der Waals surface area contributed by atoms with Crippen molar-refractivity contribution in [3.63, 3.8) is 0 Å². The fourth-order valence-corrected chi connectivity index (χ4v) is 6.19. The van der Waals surface area contributed by atoms with Crippen molar-refractivity contribution in [1.29, 1.82) is 0 Å². The Bertz CT molecular complexity index is 1470. The topological polar surface area (TPSA) is 134 Å². The second kappa shape index (κ2) is 12.9. The van der Waals surface area contributed by atoms with Crippen LogP contribution in [0.15, 0.2) is 29.6 Å². The third kappa shape index (κ3) is 7.29. The molecule has 13 heteroatoms. The number of β-amino-alcohol motifs (C(OH)–C–C–N with tert-alkyl or cyclic N) is 1. The number of aliphatic hydroxyl groups excluding tert-OH is 1. The molecule has 1 aromatic carbocycles. The van der Waals surface area contributed by atoms with E-state index in [2.05, 4.69) is 43.6 Å². The Hall–Kier alpha value is -2.93. The molecule has 0 spiro atoms. The fraction of sp³-hybridized carbons (Fsp3) is 0.536. The molecule has 0 amide bonds. The number of aliphatic hydroxyl groups is 1. The van der Waals surface area contributed by atoms with E-state index in [-0.39, 0.29) is 40.2 Å². The molecule has 224 valence electrons. The number of anilines is 4. The molecule has 0 aliphatic carbocycles. The summed E-state index contributed by atoms with van der Waals surface area (Å²) in [6, 6.07) is 4.16. The second-order valence-corrected chi connectivity index (χ2v) is 13.8. The average molecular weight is 606 g/mol. The van der Waals surface area contributed by atoms with Crippen LogP contribution in [0.5, 0.6) is 5.75 Å². The number of hydrogen-bond donors (Lipinski definition) is 3. The van der Waals surface area contributed by atoms with Gasteiger partial charge in [0, 0.05) is 19.8 Å². The van der Waals surface area contributed by atoms with Crippen molar-refractivity contribution in [3.05, 3.63) is 40.7 Å². The molecule has 41 heavy (non-hydrogen) atoms. The zero-order valence-corrected chi connectivity index (χ0v) is 26.1. The number of nitrogens with one attached hydrogen (secondary N) is 2. The van der Waals surface area contributed by atoms with Crippen LogP contribution in [0.2, 0.25) is 5.02 Å². The minimum atomic E-state index is -3.65. The number of rotatable bonds is 11. The predicted molar refractivity (Wildman–Crippen MR) is 162 cm³/mol. The summed E-state index contributed by atoms with van der Waals surface area (Å²) < 4.78 is 33.4. The smallest absolute Gasteiger partial charge is 0.229 e. The van der Waals surface area contributed by atoms with E-state index < -0.39 is 15.1 Å². The third-order valence-electron chi connectivity index (χ3n) is 7.10. The van der Waals surface area contributed by atoms with E-state index in [0.717, 1.165) is 37.2 Å². The lowest BCUT2D eigenvalue weighted by molar-refractivity contribution is 0.164. The van der Waals surface area contributed by atoms with Crippen LogP contribution in [-0.4, -0.2) is 75.8 Å². The van der Waals surface area contributed by atoms with Gasteiger partial charge in [-0.2, -0.15) is 10.1 Å². The molecule has 1 aliphatic rings. The molecule has 0 atom stereocenters. The normalized spacial score (nSPS) is 15.1. The lowest BCUT2D eigenvalue weighted by Crippen LogP contribution is -2.35. The van der Waals surface area contributed by atoms with Gasteiger partial charge in [-0.05, 0) is 89.7 Å². The van der Waals surface area contributed by atoms with Crippen molar-refractivity contribution < 1.29 is 18.3 Å². The molecule has 11 nitrogen and oxygen atoms in total. The molecular formula is C28H40ClN7O4S. The highest BCUT2D eigenvalue weighted by Crippen LogP contribution is 2.38. The van der Waals surface area contributed by atoms with Crippen LogP contribution in [0.25, 0.3) is 0 Å². The summed E-state index contributed by atoms with van der Waals surface area (Å²) in [4.78, 5) is 11.2. The van der Waals surface area contributed by atoms with Gasteiger partial charge in [-0.15, -0.1) is 0 Å². The van der Waals surface area contributed by atoms with Gasteiger partial charge in [0.05, 0.1) is 35.5 Å². The van der Waals surface area contributed by atoms with Crippen molar-refractivity contribution >= 4 is 44.6 Å². The Morgan fingerprint density at radius 3 is 2.49 bits per heavy atom. The number of sulfone groups is 1. The molecule has 1 saturated heterocycles. The summed E-state index contributed by atoms with van der Waals surface area (Å²) in [5.41, 5.74) is 3.39. The largest absolute Gasteiger partial charge is 0.489 e. The number of piperidine rings is 1. The first-order chi connectivity index (χ1) is 19.4. The summed E-state index contributed by atoms with van der Waals surface area (Å²) >= 11 is 6.41. The van der Waals surface area contributed by atoms with Gasteiger partial charge < -0.3 is 25.4 Å². The Balaban J connectivity index is 1.62. The third-order valence-corrected chi connectivity index (χ3v) is 9.46. The first-order valence-electron chi connectivity index (χ1n) is 13.9. The summed E-state index contributed by atoms with van der Waals surface area (Å²) in [6.45, 7) is 12.1. The standard InChI is InChI=1S/C28H40ClN7O4S/c1-17(2)40-25-14-21(20-7-9-36(10-8-20)11-12-37)19(5)13-23(25)32-28-30-15-22(29)26(33-28)31-24-16-35(6)34-27(24)41(38,39)18(3)4/h13-18,20,37H,7-12H2,1-6H3,(H2,30,31,32,33). The highest BCUT2D eigenvalue weighted by molar-refractivity contribution is 7.92. The maximum atomic E-state index is 12.9. The number of nitrogens with zero attached hydrogens (tertiary/aromatic N) is 5. The quantitative estimate of drug-likeness (QED) is 0.280. The van der Waals surface area contributed by atoms with E-state index in [1.165, 1.54) is 16.4 Å². The van der Waals surface area contributed by atoms with Crippen molar-refractivity contribution in [2.75, 3.05) is 36.9 Å². The molecule has 4 rings (SSSR count). The number of hydrogen-bond acceptors (Lipinski definition) is 10. The molecule has 0 unspecified atom stereocenters. The van der Waals surface area contributed by atoms with E-state index >= 15 is 0 Å². The van der Waals surface area contributed by atoms with Crippen LogP contribution in [-0.2, 0) is 16.9 Å². The van der Waals surface area contributed by atoms with Crippen LogP contribution in [0.1, 0.15) is 57.6 Å². The molecular weight excluding hydrogens is 566 g/mol. The maximum Gasteiger partial charge on any atom is 0.229 e. The number of ether oxygens (including phenoxy) is 1. The zero-order chi connectivity index (χ0) is 29.9. The van der Waals surface area contributed by atoms with E-state index in [1.807, 2.05) is 19.9 Å². The summed E-state index contributed by atoms with van der Waals surface area (Å²) in [5, 5.41) is 19.3. The first-order valence-corrected chi connectivity index (χ1v) is 15.8. The Labute approximate surface area is 247 Å². The molecule has 2 aromatic heterocycles. The van der Waals surface area contributed by atoms with Crippen molar-refractivity contribution in [2.24, 2.45) is 7.05 Å². The van der Waals surface area contributed by atoms with Gasteiger partial charge in [-0.25, -0.2) is 13.4 Å². The van der Waals surface area contributed by atoms with Gasteiger partial charge >= 0.3 is 0 Å². The lowest BCUT2D eigenvalue weighted by Gasteiger charge is -2.32. The summed E-state index contributed by atoms with van der Waals surface area (Å²) in [7, 11) is -1.99. The van der Waals surface area contributed by atoms with Crippen LogP contribution in [0.4, 0.5) is 23.1 Å². The van der Waals surface area contributed by atoms with Gasteiger partial charge in [0.15, 0.2) is 5.82 Å². The van der Waals surface area contributed by atoms with Crippen LogP contribution in [0.3, 0.4) is 0 Å². The number of likely N-dealkylation sites (tertiary alicyclic amines) is 1. The predicted octanol–water partition coefficient (Wildman–Crippen LogP) is 4.80. The van der Waals surface area contributed by atoms with Gasteiger partial charge in [-0.1, -0.05) is 11.6 Å². The SMILES string of the molecule is Cc1cc(Nc2ncc(Cl)c(Nc3cn(C)nc3S(=O)(=O)C(C)C)n2)c(OC(C)C)cc1C1CCN(CCO)CC1. The lowest BCUT2D eigenvalue weighted by atomic mass is 9.86. The number of aryl methyl sites for hydroxylation is 2. The molecule has 3 heterocycles. The van der Waals surface area contributed by atoms with Gasteiger partial charge in [0.2, 0.25) is 20.8 Å². The fourth-order valence-electron chi connectivity index (χ4n) is 4.95.